The summed E-state index contributed by atoms with van der Waals surface area (Å²) in [5.74, 6) is 2.36. The number of nitrogens with one attached hydrogen (secondary N) is 1. The number of nitrogen functional groups attached to an aromatic ring is 1. The average Bonchev–Trinajstić information content (AvgIpc) is 2.80. The van der Waals surface area contributed by atoms with Crippen LogP contribution in [0.25, 0.3) is 0 Å². The fraction of sp³-hybridized carbons (Fsp3) is 0.250. The van der Waals surface area contributed by atoms with E-state index in [0.717, 1.165) is 22.4 Å². The zero-order chi connectivity index (χ0) is 22.1. The van der Waals surface area contributed by atoms with Crippen molar-refractivity contribution in [1.29, 1.82) is 0 Å². The third kappa shape index (κ3) is 3.99. The summed E-state index contributed by atoms with van der Waals surface area (Å²) in [6.07, 6.45) is 6.63. The van der Waals surface area contributed by atoms with E-state index in [1.807, 2.05) is 18.2 Å². The first kappa shape index (κ1) is 20.0. The van der Waals surface area contributed by atoms with Crippen LogP contribution in [0.2, 0.25) is 0 Å². The number of hydrogen-bond acceptors (Lipinski definition) is 7. The zero-order valence-electron chi connectivity index (χ0n) is 17.3. The van der Waals surface area contributed by atoms with Crippen molar-refractivity contribution in [3.8, 4) is 17.2 Å². The van der Waals surface area contributed by atoms with Gasteiger partial charge in [-0.3, -0.25) is 14.6 Å². The second-order valence-corrected chi connectivity index (χ2v) is 7.99. The Kier molecular flexibility index (Phi) is 5.18. The number of rotatable bonds is 5. The van der Waals surface area contributed by atoms with Crippen LogP contribution in [0.15, 0.2) is 48.9 Å². The quantitative estimate of drug-likeness (QED) is 0.639. The maximum atomic E-state index is 12.9. The highest BCUT2D eigenvalue weighted by molar-refractivity contribution is 5.93. The van der Waals surface area contributed by atoms with E-state index >= 15 is 0 Å². The molecule has 1 unspecified atom stereocenters. The predicted molar refractivity (Wildman–Crippen MR) is 118 cm³/mol. The van der Waals surface area contributed by atoms with E-state index in [0.29, 0.717) is 48.9 Å². The zero-order valence-corrected chi connectivity index (χ0v) is 17.3. The standard InChI is InChI=1S/C24H22N4O4/c25-19-5-7-26-12-15(19)11-20(29)16-9-14-10-17(1-3-21(14)31-13-16)32-22-6-8-27-24-18(22)2-4-23(30)28-24/h1,3,5-8,10,12,16H,2,4,9,11,13H2,(H2,25,26)(H,27,28,30). The molecule has 3 aromatic rings. The lowest BCUT2D eigenvalue weighted by atomic mass is 9.90. The number of amides is 1. The van der Waals surface area contributed by atoms with Gasteiger partial charge in [-0.2, -0.15) is 0 Å². The van der Waals surface area contributed by atoms with Crippen molar-refractivity contribution in [3.63, 3.8) is 0 Å². The van der Waals surface area contributed by atoms with Gasteiger partial charge >= 0.3 is 0 Å². The third-order valence-corrected chi connectivity index (χ3v) is 5.80. The molecule has 0 bridgehead atoms. The number of ether oxygens (including phenoxy) is 2. The van der Waals surface area contributed by atoms with Crippen molar-refractivity contribution >= 4 is 23.2 Å². The van der Waals surface area contributed by atoms with Crippen LogP contribution >= 0.6 is 0 Å². The molecule has 1 amide bonds. The summed E-state index contributed by atoms with van der Waals surface area (Å²) in [5, 5.41) is 2.78. The van der Waals surface area contributed by atoms with Gasteiger partial charge in [0.05, 0.1) is 12.5 Å². The Labute approximate surface area is 184 Å². The fourth-order valence-electron chi connectivity index (χ4n) is 4.04. The topological polar surface area (TPSA) is 116 Å². The van der Waals surface area contributed by atoms with E-state index in [9.17, 15) is 9.59 Å². The van der Waals surface area contributed by atoms with Crippen LogP contribution < -0.4 is 20.5 Å². The first-order valence-corrected chi connectivity index (χ1v) is 10.5. The molecule has 8 nitrogen and oxygen atoms in total. The molecule has 3 N–H and O–H groups in total. The molecule has 4 heterocycles. The van der Waals surface area contributed by atoms with E-state index in [4.69, 9.17) is 15.2 Å². The van der Waals surface area contributed by atoms with Crippen LogP contribution in [0.3, 0.4) is 0 Å². The number of benzene rings is 1. The Balaban J connectivity index is 1.32. The van der Waals surface area contributed by atoms with Crippen LogP contribution in [0.1, 0.15) is 23.1 Å². The number of anilines is 2. The van der Waals surface area contributed by atoms with Gasteiger partial charge in [-0.25, -0.2) is 4.98 Å². The molecule has 5 rings (SSSR count). The Morgan fingerprint density at radius 1 is 1.22 bits per heavy atom. The SMILES string of the molecule is Nc1ccncc1CC(=O)C1COc2ccc(Oc3ccnc4c3CCC(=O)N4)cc2C1. The number of aromatic nitrogens is 2. The number of Topliss-reactive ketones (excluding diaryl/α,β-unsaturated/α-hetero) is 1. The van der Waals surface area contributed by atoms with E-state index in [1.165, 1.54) is 0 Å². The number of pyridine rings is 2. The fourth-order valence-corrected chi connectivity index (χ4v) is 4.04. The van der Waals surface area contributed by atoms with E-state index in [2.05, 4.69) is 15.3 Å². The minimum absolute atomic E-state index is 0.0446. The van der Waals surface area contributed by atoms with Crippen LogP contribution in [-0.4, -0.2) is 28.3 Å². The molecule has 32 heavy (non-hydrogen) atoms. The molecule has 2 aromatic heterocycles. The lowest BCUT2D eigenvalue weighted by Gasteiger charge is -2.25. The van der Waals surface area contributed by atoms with Gasteiger partial charge in [-0.15, -0.1) is 0 Å². The predicted octanol–water partition coefficient (Wildman–Crippen LogP) is 3.10. The molecular weight excluding hydrogens is 408 g/mol. The van der Waals surface area contributed by atoms with Crippen LogP contribution in [0.5, 0.6) is 17.2 Å². The molecule has 0 radical (unpaired) electrons. The number of hydrogen-bond donors (Lipinski definition) is 2. The van der Waals surface area contributed by atoms with E-state index in [-0.39, 0.29) is 24.0 Å². The van der Waals surface area contributed by atoms with Crippen molar-refractivity contribution in [1.82, 2.24) is 9.97 Å². The van der Waals surface area contributed by atoms with Gasteiger partial charge in [0.25, 0.3) is 0 Å². The molecule has 0 aliphatic carbocycles. The highest BCUT2D eigenvalue weighted by Crippen LogP contribution is 2.36. The van der Waals surface area contributed by atoms with Gasteiger partial charge in [-0.1, -0.05) is 0 Å². The normalized spacial score (nSPS) is 16.9. The first-order valence-electron chi connectivity index (χ1n) is 10.5. The molecule has 0 saturated heterocycles. The van der Waals surface area contributed by atoms with Gasteiger partial charge in [0.15, 0.2) is 0 Å². The highest BCUT2D eigenvalue weighted by Gasteiger charge is 2.27. The second-order valence-electron chi connectivity index (χ2n) is 7.99. The summed E-state index contributed by atoms with van der Waals surface area (Å²) in [5.41, 5.74) is 9.05. The van der Waals surface area contributed by atoms with Gasteiger partial charge in [0, 0.05) is 48.2 Å². The highest BCUT2D eigenvalue weighted by atomic mass is 16.5. The number of fused-ring (bicyclic) bond motifs is 2. The van der Waals surface area contributed by atoms with E-state index < -0.39 is 0 Å². The van der Waals surface area contributed by atoms with Crippen LogP contribution in [-0.2, 0) is 28.9 Å². The van der Waals surface area contributed by atoms with Crippen molar-refractivity contribution in [2.45, 2.75) is 25.7 Å². The molecule has 8 heteroatoms. The summed E-state index contributed by atoms with van der Waals surface area (Å²) >= 11 is 0. The molecule has 1 atom stereocenters. The molecule has 0 fully saturated rings. The summed E-state index contributed by atoms with van der Waals surface area (Å²) in [6, 6.07) is 9.09. The number of nitrogens with zero attached hydrogens (tertiary/aromatic N) is 2. The number of carbonyl (C=O) groups is 2. The molecule has 2 aliphatic rings. The molecule has 2 aliphatic heterocycles. The van der Waals surface area contributed by atoms with Gasteiger partial charge in [0.2, 0.25) is 5.91 Å². The first-order chi connectivity index (χ1) is 15.6. The lowest BCUT2D eigenvalue weighted by Crippen LogP contribution is -2.29. The largest absolute Gasteiger partial charge is 0.493 e. The van der Waals surface area contributed by atoms with Gasteiger partial charge in [0.1, 0.15) is 28.8 Å². The smallest absolute Gasteiger partial charge is 0.225 e. The van der Waals surface area contributed by atoms with Crippen molar-refractivity contribution in [2.75, 3.05) is 17.7 Å². The molecule has 1 aromatic carbocycles. The minimum atomic E-state index is -0.263. The summed E-state index contributed by atoms with van der Waals surface area (Å²) in [7, 11) is 0. The molecule has 162 valence electrons. The third-order valence-electron chi connectivity index (χ3n) is 5.80. The van der Waals surface area contributed by atoms with Crippen LogP contribution in [0, 0.1) is 5.92 Å². The van der Waals surface area contributed by atoms with Gasteiger partial charge in [-0.05, 0) is 48.7 Å². The Morgan fingerprint density at radius 3 is 3.00 bits per heavy atom. The Hall–Kier alpha value is -3.94. The van der Waals surface area contributed by atoms with Crippen molar-refractivity contribution < 1.29 is 19.1 Å². The molecular formula is C24H22N4O4. The number of nitrogens with two attached hydrogens (primary N) is 1. The number of carbonyl (C=O) groups excluding carboxylic acids is 2. The average molecular weight is 430 g/mol. The maximum absolute atomic E-state index is 12.9. The van der Waals surface area contributed by atoms with Crippen molar-refractivity contribution in [2.24, 2.45) is 5.92 Å². The number of ketones is 1. The monoisotopic (exact) mass is 430 g/mol. The summed E-state index contributed by atoms with van der Waals surface area (Å²) in [6.45, 7) is 0.337. The van der Waals surface area contributed by atoms with Gasteiger partial charge < -0.3 is 20.5 Å². The lowest BCUT2D eigenvalue weighted by molar-refractivity contribution is -0.123. The Bertz CT molecular complexity index is 1210. The van der Waals surface area contributed by atoms with Crippen molar-refractivity contribution in [3.05, 3.63) is 65.6 Å². The van der Waals surface area contributed by atoms with Crippen LogP contribution in [0.4, 0.5) is 11.5 Å². The Morgan fingerprint density at radius 2 is 2.12 bits per heavy atom. The minimum Gasteiger partial charge on any atom is -0.493 e. The second kappa shape index (κ2) is 8.30. The summed E-state index contributed by atoms with van der Waals surface area (Å²) in [4.78, 5) is 32.8. The summed E-state index contributed by atoms with van der Waals surface area (Å²) < 4.78 is 12.0. The maximum Gasteiger partial charge on any atom is 0.225 e. The molecule has 0 spiro atoms. The van der Waals surface area contributed by atoms with E-state index in [1.54, 1.807) is 30.7 Å². The molecule has 0 saturated carbocycles.